The van der Waals surface area contributed by atoms with E-state index in [1.165, 1.54) is 47.9 Å². The molecule has 0 aliphatic heterocycles. The summed E-state index contributed by atoms with van der Waals surface area (Å²) in [5.74, 6) is 0.780. The molecule has 1 unspecified atom stereocenters. The van der Waals surface area contributed by atoms with E-state index in [0.717, 1.165) is 5.92 Å². The zero-order chi connectivity index (χ0) is 13.5. The van der Waals surface area contributed by atoms with Gasteiger partial charge in [0.2, 0.25) is 0 Å². The lowest BCUT2D eigenvalue weighted by atomic mass is 9.74. The van der Waals surface area contributed by atoms with Crippen molar-refractivity contribution in [2.24, 2.45) is 0 Å². The van der Waals surface area contributed by atoms with Crippen LogP contribution in [-0.2, 0) is 0 Å². The molecular formula is C20H20. The quantitative estimate of drug-likeness (QED) is 0.615. The molecule has 0 N–H and O–H groups in total. The van der Waals surface area contributed by atoms with Gasteiger partial charge in [0, 0.05) is 0 Å². The van der Waals surface area contributed by atoms with Crippen molar-refractivity contribution in [3.8, 4) is 11.1 Å². The zero-order valence-electron chi connectivity index (χ0n) is 12.0. The van der Waals surface area contributed by atoms with Crippen LogP contribution in [0.1, 0.15) is 48.3 Å². The third kappa shape index (κ3) is 1.91. The summed E-state index contributed by atoms with van der Waals surface area (Å²) in [7, 11) is 0. The zero-order valence-corrected chi connectivity index (χ0v) is 12.0. The fourth-order valence-electron chi connectivity index (χ4n) is 3.87. The van der Waals surface area contributed by atoms with E-state index in [9.17, 15) is 0 Å². The molecule has 20 heavy (non-hydrogen) atoms. The number of hydrogen-bond donors (Lipinski definition) is 0. The molecule has 1 fully saturated rings. The van der Waals surface area contributed by atoms with Crippen molar-refractivity contribution in [2.45, 2.75) is 38.5 Å². The number of rotatable bonds is 1. The van der Waals surface area contributed by atoms with Gasteiger partial charge in [-0.3, -0.25) is 0 Å². The highest BCUT2D eigenvalue weighted by atomic mass is 14.3. The molecule has 100 valence electrons. The summed E-state index contributed by atoms with van der Waals surface area (Å²) in [6.07, 6.45) is 7.81. The Labute approximate surface area is 121 Å². The predicted molar refractivity (Wildman–Crippen MR) is 85.8 cm³/mol. The van der Waals surface area contributed by atoms with Crippen molar-refractivity contribution >= 4 is 6.08 Å². The van der Waals surface area contributed by atoms with Crippen molar-refractivity contribution in [3.63, 3.8) is 0 Å². The summed E-state index contributed by atoms with van der Waals surface area (Å²) >= 11 is 0. The molecule has 2 aliphatic rings. The van der Waals surface area contributed by atoms with Gasteiger partial charge in [0.1, 0.15) is 0 Å². The number of benzene rings is 2. The van der Waals surface area contributed by atoms with Gasteiger partial charge in [0.05, 0.1) is 0 Å². The molecule has 2 bridgehead atoms. The summed E-state index contributed by atoms with van der Waals surface area (Å²) < 4.78 is 0. The average Bonchev–Trinajstić information content (AvgIpc) is 2.49. The van der Waals surface area contributed by atoms with Gasteiger partial charge in [-0.15, -0.1) is 0 Å². The molecule has 0 amide bonds. The molecule has 2 aromatic carbocycles. The summed E-state index contributed by atoms with van der Waals surface area (Å²) in [6, 6.07) is 15.6. The third-order valence-electron chi connectivity index (χ3n) is 4.87. The fourth-order valence-corrected chi connectivity index (χ4v) is 3.87. The van der Waals surface area contributed by atoms with Gasteiger partial charge >= 0.3 is 0 Å². The second kappa shape index (κ2) is 4.63. The molecule has 0 heteroatoms. The van der Waals surface area contributed by atoms with Crippen LogP contribution in [0.4, 0.5) is 0 Å². The Balaban J connectivity index is 1.88. The lowest BCUT2D eigenvalue weighted by Crippen LogP contribution is -2.13. The molecule has 0 nitrogen and oxygen atoms in total. The van der Waals surface area contributed by atoms with E-state index in [4.69, 9.17) is 0 Å². The van der Waals surface area contributed by atoms with E-state index < -0.39 is 0 Å². The van der Waals surface area contributed by atoms with Crippen molar-refractivity contribution < 1.29 is 0 Å². The van der Waals surface area contributed by atoms with Crippen LogP contribution >= 0.6 is 0 Å². The first-order chi connectivity index (χ1) is 9.81. The lowest BCUT2D eigenvalue weighted by molar-refractivity contribution is 0.518. The molecule has 0 saturated heterocycles. The maximum atomic E-state index is 2.46. The fraction of sp³-hybridized carbons (Fsp3) is 0.300. The second-order valence-corrected chi connectivity index (χ2v) is 6.26. The van der Waals surface area contributed by atoms with Crippen molar-refractivity contribution in [3.05, 3.63) is 64.7 Å². The van der Waals surface area contributed by atoms with E-state index >= 15 is 0 Å². The average molecular weight is 260 g/mol. The third-order valence-corrected chi connectivity index (χ3v) is 4.87. The Morgan fingerprint density at radius 3 is 2.75 bits per heavy atom. The van der Waals surface area contributed by atoms with Gasteiger partial charge in [0.25, 0.3) is 0 Å². The highest BCUT2D eigenvalue weighted by Crippen LogP contribution is 2.44. The van der Waals surface area contributed by atoms with Crippen LogP contribution in [0.25, 0.3) is 17.2 Å². The smallest absolute Gasteiger partial charge is 0.0118 e. The molecule has 4 rings (SSSR count). The Kier molecular flexibility index (Phi) is 2.77. The van der Waals surface area contributed by atoms with E-state index in [-0.39, 0.29) is 0 Å². The molecule has 0 aromatic heterocycles. The summed E-state index contributed by atoms with van der Waals surface area (Å²) in [6.45, 7) is 2.25. The monoisotopic (exact) mass is 260 g/mol. The van der Waals surface area contributed by atoms with Crippen LogP contribution in [-0.4, -0.2) is 0 Å². The van der Waals surface area contributed by atoms with Crippen LogP contribution in [0, 0.1) is 6.92 Å². The summed E-state index contributed by atoms with van der Waals surface area (Å²) in [4.78, 5) is 0. The normalized spacial score (nSPS) is 20.2. The topological polar surface area (TPSA) is 0 Å². The van der Waals surface area contributed by atoms with Crippen molar-refractivity contribution in [1.29, 1.82) is 0 Å². The minimum atomic E-state index is 0.780. The Hall–Kier alpha value is -1.82. The van der Waals surface area contributed by atoms with E-state index in [0.29, 0.717) is 0 Å². The molecule has 1 saturated carbocycles. The Morgan fingerprint density at radius 1 is 1.05 bits per heavy atom. The van der Waals surface area contributed by atoms with Crippen LogP contribution in [0.5, 0.6) is 0 Å². The standard InChI is InChI=1S/C20H20/c1-14-10-20-17-9-5-6-15(11-17)12-18(20)13-19(14)16-7-3-2-4-8-16/h2-4,7-8,10,12-13,17H,5-6,9,11H2,1H3. The Morgan fingerprint density at radius 2 is 1.90 bits per heavy atom. The molecule has 0 spiro atoms. The Bertz CT molecular complexity index is 677. The van der Waals surface area contributed by atoms with E-state index in [1.807, 2.05) is 0 Å². The first-order valence-electron chi connectivity index (χ1n) is 7.71. The van der Waals surface area contributed by atoms with Crippen LogP contribution < -0.4 is 0 Å². The summed E-state index contributed by atoms with van der Waals surface area (Å²) in [5.41, 5.74) is 8.86. The molecular weight excluding hydrogens is 240 g/mol. The largest absolute Gasteiger partial charge is 0.0690 e. The second-order valence-electron chi connectivity index (χ2n) is 6.26. The maximum absolute atomic E-state index is 2.46. The minimum absolute atomic E-state index is 0.780. The number of allylic oxidation sites excluding steroid dienone is 1. The van der Waals surface area contributed by atoms with Gasteiger partial charge in [-0.2, -0.15) is 0 Å². The maximum Gasteiger partial charge on any atom is -0.0118 e. The predicted octanol–water partition coefficient (Wildman–Crippen LogP) is 5.72. The number of fused-ring (bicyclic) bond motifs is 4. The van der Waals surface area contributed by atoms with Crippen LogP contribution in [0.3, 0.4) is 0 Å². The van der Waals surface area contributed by atoms with Crippen LogP contribution in [0.15, 0.2) is 48.0 Å². The van der Waals surface area contributed by atoms with Gasteiger partial charge in [0.15, 0.2) is 0 Å². The lowest BCUT2D eigenvalue weighted by Gasteiger charge is -2.31. The SMILES string of the molecule is Cc1cc2c(cc1-c1ccccc1)C=C1CCCC2C1. The van der Waals surface area contributed by atoms with Crippen molar-refractivity contribution in [2.75, 3.05) is 0 Å². The minimum Gasteiger partial charge on any atom is -0.0690 e. The van der Waals surface area contributed by atoms with Crippen LogP contribution in [0.2, 0.25) is 0 Å². The summed E-state index contributed by atoms with van der Waals surface area (Å²) in [5, 5.41) is 0. The first kappa shape index (κ1) is 12.0. The molecule has 2 aromatic rings. The van der Waals surface area contributed by atoms with Gasteiger partial charge in [-0.25, -0.2) is 0 Å². The molecule has 0 radical (unpaired) electrons. The number of hydrogen-bond acceptors (Lipinski definition) is 0. The molecule has 0 heterocycles. The molecule has 1 atom stereocenters. The molecule has 2 aliphatic carbocycles. The number of aryl methyl sites for hydroxylation is 1. The first-order valence-corrected chi connectivity index (χ1v) is 7.71. The highest BCUT2D eigenvalue weighted by molar-refractivity contribution is 5.74. The van der Waals surface area contributed by atoms with Gasteiger partial charge in [-0.05, 0) is 72.4 Å². The highest BCUT2D eigenvalue weighted by Gasteiger charge is 2.25. The van der Waals surface area contributed by atoms with E-state index in [1.54, 1.807) is 11.1 Å². The van der Waals surface area contributed by atoms with E-state index in [2.05, 4.69) is 55.5 Å². The van der Waals surface area contributed by atoms with Gasteiger partial charge < -0.3 is 0 Å². The van der Waals surface area contributed by atoms with Gasteiger partial charge in [-0.1, -0.05) is 48.0 Å². The van der Waals surface area contributed by atoms with Crippen molar-refractivity contribution in [1.82, 2.24) is 0 Å².